The van der Waals surface area contributed by atoms with Gasteiger partial charge in [-0.2, -0.15) is 0 Å². The second-order valence-corrected chi connectivity index (χ2v) is 6.50. The molecule has 1 atom stereocenters. The third-order valence-corrected chi connectivity index (χ3v) is 4.35. The van der Waals surface area contributed by atoms with Gasteiger partial charge in [-0.1, -0.05) is 13.8 Å². The zero-order valence-electron chi connectivity index (χ0n) is 13.3. The Hall–Kier alpha value is -1.20. The summed E-state index contributed by atoms with van der Waals surface area (Å²) in [5.74, 6) is 1.29. The van der Waals surface area contributed by atoms with E-state index >= 15 is 0 Å². The molecule has 2 fully saturated rings. The van der Waals surface area contributed by atoms with E-state index in [2.05, 4.69) is 36.1 Å². The first-order valence-electron chi connectivity index (χ1n) is 8.05. The highest BCUT2D eigenvalue weighted by molar-refractivity contribution is 5.49. The largest absolute Gasteiger partial charge is 0.379 e. The van der Waals surface area contributed by atoms with E-state index in [4.69, 9.17) is 9.72 Å². The molecule has 2 heterocycles. The third kappa shape index (κ3) is 3.52. The highest BCUT2D eigenvalue weighted by Crippen LogP contribution is 2.25. The van der Waals surface area contributed by atoms with E-state index in [1.807, 2.05) is 6.20 Å². The molecule has 5 heteroatoms. The van der Waals surface area contributed by atoms with Gasteiger partial charge in [-0.15, -0.1) is 0 Å². The molecule has 0 radical (unpaired) electrons. The fourth-order valence-electron chi connectivity index (χ4n) is 2.68. The Bertz CT molecular complexity index is 481. The molecule has 1 aromatic heterocycles. The summed E-state index contributed by atoms with van der Waals surface area (Å²) in [6, 6.07) is 1.13. The van der Waals surface area contributed by atoms with Gasteiger partial charge in [0, 0.05) is 32.2 Å². The second kappa shape index (κ2) is 6.28. The van der Waals surface area contributed by atoms with Gasteiger partial charge in [0.25, 0.3) is 0 Å². The monoisotopic (exact) mass is 290 g/mol. The Labute approximate surface area is 127 Å². The van der Waals surface area contributed by atoms with E-state index in [1.54, 1.807) is 0 Å². The van der Waals surface area contributed by atoms with Crippen molar-refractivity contribution in [2.75, 3.05) is 25.2 Å². The summed E-state index contributed by atoms with van der Waals surface area (Å²) in [5.41, 5.74) is 2.26. The van der Waals surface area contributed by atoms with Crippen LogP contribution in [0.1, 0.15) is 50.5 Å². The first kappa shape index (κ1) is 14.7. The van der Waals surface area contributed by atoms with E-state index in [1.165, 1.54) is 12.8 Å². The first-order chi connectivity index (χ1) is 10.1. The topological polar surface area (TPSA) is 50.3 Å². The molecule has 0 bridgehead atoms. The summed E-state index contributed by atoms with van der Waals surface area (Å²) in [5, 5.41) is 3.58. The first-order valence-corrected chi connectivity index (χ1v) is 8.05. The van der Waals surface area contributed by atoms with Gasteiger partial charge >= 0.3 is 0 Å². The number of rotatable bonds is 6. The molecule has 116 valence electrons. The summed E-state index contributed by atoms with van der Waals surface area (Å²) in [7, 11) is 2.13. The van der Waals surface area contributed by atoms with Gasteiger partial charge < -0.3 is 15.0 Å². The lowest BCUT2D eigenvalue weighted by molar-refractivity contribution is 0.193. The smallest absolute Gasteiger partial charge is 0.131 e. The molecular formula is C16H26N4O. The average Bonchev–Trinajstić information content (AvgIpc) is 3.15. The zero-order valence-corrected chi connectivity index (χ0v) is 13.3. The molecule has 21 heavy (non-hydrogen) atoms. The molecule has 1 aliphatic heterocycles. The Balaban J connectivity index is 1.81. The van der Waals surface area contributed by atoms with Crippen LogP contribution >= 0.6 is 0 Å². The van der Waals surface area contributed by atoms with Crippen LogP contribution in [0.3, 0.4) is 0 Å². The van der Waals surface area contributed by atoms with Crippen LogP contribution in [-0.2, 0) is 11.3 Å². The number of anilines is 1. The summed E-state index contributed by atoms with van der Waals surface area (Å²) in [6.45, 7) is 6.77. The standard InChI is InChI=1S/C16H26N4O/c1-11(2)16-18-9-15(20(3)13-6-7-21-10-13)14(19-16)8-17-12-4-5-12/h9,11-13,17H,4-8,10H2,1-3H3. The molecule has 1 aliphatic carbocycles. The Morgan fingerprint density at radius 1 is 1.38 bits per heavy atom. The number of nitrogens with zero attached hydrogens (tertiary/aromatic N) is 3. The van der Waals surface area contributed by atoms with Crippen LogP contribution in [0.25, 0.3) is 0 Å². The number of hydrogen-bond donors (Lipinski definition) is 1. The fraction of sp³-hybridized carbons (Fsp3) is 0.750. The molecule has 1 unspecified atom stereocenters. The van der Waals surface area contributed by atoms with Gasteiger partial charge in [0.1, 0.15) is 5.82 Å². The SMILES string of the molecule is CC(C)c1ncc(N(C)C2CCOC2)c(CNC2CC2)n1. The molecule has 5 nitrogen and oxygen atoms in total. The number of ether oxygens (including phenoxy) is 1. The lowest BCUT2D eigenvalue weighted by Gasteiger charge is -2.27. The quantitative estimate of drug-likeness (QED) is 0.869. The Morgan fingerprint density at radius 3 is 2.81 bits per heavy atom. The summed E-state index contributed by atoms with van der Waals surface area (Å²) >= 11 is 0. The molecule has 0 amide bonds. The number of aromatic nitrogens is 2. The van der Waals surface area contributed by atoms with Gasteiger partial charge in [0.2, 0.25) is 0 Å². The molecule has 0 aromatic carbocycles. The van der Waals surface area contributed by atoms with E-state index in [-0.39, 0.29) is 0 Å². The number of likely N-dealkylation sites (N-methyl/N-ethyl adjacent to an activating group) is 1. The van der Waals surface area contributed by atoms with Crippen molar-refractivity contribution in [3.05, 3.63) is 17.7 Å². The van der Waals surface area contributed by atoms with Crippen molar-refractivity contribution in [1.29, 1.82) is 0 Å². The van der Waals surface area contributed by atoms with Gasteiger partial charge in [0.05, 0.1) is 30.2 Å². The third-order valence-electron chi connectivity index (χ3n) is 4.35. The fourth-order valence-corrected chi connectivity index (χ4v) is 2.68. The van der Waals surface area contributed by atoms with E-state index in [0.717, 1.165) is 43.4 Å². The molecule has 0 spiro atoms. The Morgan fingerprint density at radius 2 is 2.19 bits per heavy atom. The van der Waals surface area contributed by atoms with E-state index in [0.29, 0.717) is 18.0 Å². The van der Waals surface area contributed by atoms with Gasteiger partial charge in [-0.25, -0.2) is 9.97 Å². The molecule has 1 N–H and O–H groups in total. The molecule has 2 aliphatic rings. The van der Waals surface area contributed by atoms with Gasteiger partial charge in [-0.3, -0.25) is 0 Å². The lowest BCUT2D eigenvalue weighted by Crippen LogP contribution is -2.33. The second-order valence-electron chi connectivity index (χ2n) is 6.50. The lowest BCUT2D eigenvalue weighted by atomic mass is 10.1. The zero-order chi connectivity index (χ0) is 14.8. The van der Waals surface area contributed by atoms with Crippen LogP contribution in [-0.4, -0.2) is 42.3 Å². The highest BCUT2D eigenvalue weighted by Gasteiger charge is 2.25. The minimum Gasteiger partial charge on any atom is -0.379 e. The van der Waals surface area contributed by atoms with Crippen molar-refractivity contribution in [3.8, 4) is 0 Å². The summed E-state index contributed by atoms with van der Waals surface area (Å²) in [6.07, 6.45) is 5.66. The average molecular weight is 290 g/mol. The van der Waals surface area contributed by atoms with Crippen molar-refractivity contribution in [2.24, 2.45) is 0 Å². The predicted octanol–water partition coefficient (Wildman–Crippen LogP) is 2.08. The van der Waals surface area contributed by atoms with Crippen LogP contribution < -0.4 is 10.2 Å². The van der Waals surface area contributed by atoms with Crippen molar-refractivity contribution < 1.29 is 4.74 Å². The van der Waals surface area contributed by atoms with Crippen LogP contribution in [0.15, 0.2) is 6.20 Å². The van der Waals surface area contributed by atoms with Crippen LogP contribution in [0.2, 0.25) is 0 Å². The normalized spacial score (nSPS) is 22.0. The summed E-state index contributed by atoms with van der Waals surface area (Å²) < 4.78 is 5.51. The van der Waals surface area contributed by atoms with Crippen LogP contribution in [0.5, 0.6) is 0 Å². The maximum Gasteiger partial charge on any atom is 0.131 e. The van der Waals surface area contributed by atoms with Crippen LogP contribution in [0.4, 0.5) is 5.69 Å². The number of nitrogens with one attached hydrogen (secondary N) is 1. The maximum atomic E-state index is 5.51. The molecule has 1 saturated heterocycles. The molecule has 1 saturated carbocycles. The van der Waals surface area contributed by atoms with E-state index < -0.39 is 0 Å². The Kier molecular flexibility index (Phi) is 4.40. The van der Waals surface area contributed by atoms with Crippen LogP contribution in [0, 0.1) is 0 Å². The van der Waals surface area contributed by atoms with Crippen molar-refractivity contribution in [2.45, 2.75) is 57.7 Å². The maximum absolute atomic E-state index is 5.51. The van der Waals surface area contributed by atoms with Gasteiger partial charge in [-0.05, 0) is 19.3 Å². The van der Waals surface area contributed by atoms with Crippen molar-refractivity contribution in [3.63, 3.8) is 0 Å². The van der Waals surface area contributed by atoms with Gasteiger partial charge in [0.15, 0.2) is 0 Å². The number of hydrogen-bond acceptors (Lipinski definition) is 5. The van der Waals surface area contributed by atoms with Crippen molar-refractivity contribution in [1.82, 2.24) is 15.3 Å². The molecular weight excluding hydrogens is 264 g/mol. The minimum atomic E-state index is 0.360. The molecule has 3 rings (SSSR count). The highest BCUT2D eigenvalue weighted by atomic mass is 16.5. The van der Waals surface area contributed by atoms with Crippen molar-refractivity contribution >= 4 is 5.69 Å². The summed E-state index contributed by atoms with van der Waals surface area (Å²) in [4.78, 5) is 11.7. The molecule has 1 aromatic rings. The minimum absolute atomic E-state index is 0.360. The predicted molar refractivity (Wildman–Crippen MR) is 83.6 cm³/mol. The van der Waals surface area contributed by atoms with E-state index in [9.17, 15) is 0 Å².